The van der Waals surface area contributed by atoms with E-state index in [1.165, 1.54) is 0 Å². The molecule has 3 heterocycles. The van der Waals surface area contributed by atoms with Gasteiger partial charge in [0.25, 0.3) is 0 Å². The molecule has 2 atom stereocenters. The fraction of sp³-hybridized carbons (Fsp3) is 0.172. The molecule has 1 fully saturated rings. The van der Waals surface area contributed by atoms with Crippen molar-refractivity contribution in [1.29, 1.82) is 0 Å². The molecule has 38 heavy (non-hydrogen) atoms. The second kappa shape index (κ2) is 10.5. The van der Waals surface area contributed by atoms with Gasteiger partial charge >= 0.3 is 5.97 Å². The first-order valence-electron chi connectivity index (χ1n) is 12.2. The van der Waals surface area contributed by atoms with Crippen LogP contribution < -0.4 is 15.5 Å². The fourth-order valence-corrected chi connectivity index (χ4v) is 4.92. The van der Waals surface area contributed by atoms with Crippen LogP contribution in [0, 0.1) is 6.92 Å². The van der Waals surface area contributed by atoms with Gasteiger partial charge in [0.2, 0.25) is 5.91 Å². The van der Waals surface area contributed by atoms with Crippen LogP contribution in [0.25, 0.3) is 11.3 Å². The minimum Gasteiger partial charge on any atom is -0.478 e. The van der Waals surface area contributed by atoms with Gasteiger partial charge < -0.3 is 25.1 Å². The minimum atomic E-state index is -1.00. The van der Waals surface area contributed by atoms with E-state index in [4.69, 9.17) is 16.6 Å². The van der Waals surface area contributed by atoms with E-state index >= 15 is 0 Å². The lowest BCUT2D eigenvalue weighted by Crippen LogP contribution is -2.29. The Morgan fingerprint density at radius 1 is 1.11 bits per heavy atom. The van der Waals surface area contributed by atoms with Crippen LogP contribution >= 0.6 is 12.2 Å². The number of anilines is 2. The van der Waals surface area contributed by atoms with Gasteiger partial charge in [0, 0.05) is 29.6 Å². The molecule has 3 N–H and O–H groups in total. The molecule has 9 heteroatoms. The first-order valence-corrected chi connectivity index (χ1v) is 12.6. The number of carbonyl (C=O) groups is 2. The maximum atomic E-state index is 11.9. The molecule has 4 aromatic rings. The van der Waals surface area contributed by atoms with Gasteiger partial charge in [0.1, 0.15) is 17.6 Å². The third kappa shape index (κ3) is 4.88. The average Bonchev–Trinajstić information content (AvgIpc) is 3.55. The zero-order valence-electron chi connectivity index (χ0n) is 20.8. The SMILES string of the molecule is CCC(=O)Nc1ccc(N2C(=S)N[C@@H](c3ccccn3)[C@H]2c2ccc(-c3cccc(C(=O)O)c3)o2)cc1C. The highest BCUT2D eigenvalue weighted by Gasteiger charge is 2.42. The van der Waals surface area contributed by atoms with Gasteiger partial charge in [-0.3, -0.25) is 9.78 Å². The van der Waals surface area contributed by atoms with E-state index < -0.39 is 5.97 Å². The smallest absolute Gasteiger partial charge is 0.335 e. The summed E-state index contributed by atoms with van der Waals surface area (Å²) >= 11 is 5.80. The summed E-state index contributed by atoms with van der Waals surface area (Å²) in [6, 6.07) is 21.2. The van der Waals surface area contributed by atoms with Gasteiger partial charge in [-0.1, -0.05) is 25.1 Å². The first-order chi connectivity index (χ1) is 18.4. The Morgan fingerprint density at radius 2 is 1.95 bits per heavy atom. The molecule has 2 aromatic carbocycles. The number of hydrogen-bond donors (Lipinski definition) is 3. The van der Waals surface area contributed by atoms with Gasteiger partial charge in [-0.25, -0.2) is 4.79 Å². The van der Waals surface area contributed by atoms with Crippen molar-refractivity contribution in [3.05, 3.63) is 102 Å². The summed E-state index contributed by atoms with van der Waals surface area (Å²) in [5.74, 6) is 0.140. The van der Waals surface area contributed by atoms with E-state index in [-0.39, 0.29) is 23.6 Å². The third-order valence-corrected chi connectivity index (χ3v) is 6.81. The second-order valence-electron chi connectivity index (χ2n) is 8.99. The van der Waals surface area contributed by atoms with E-state index in [0.29, 0.717) is 28.6 Å². The molecule has 0 radical (unpaired) electrons. The maximum absolute atomic E-state index is 11.9. The average molecular weight is 527 g/mol. The number of rotatable bonds is 7. The molecule has 0 unspecified atom stereocenters. The number of pyridine rings is 1. The van der Waals surface area contributed by atoms with E-state index in [1.54, 1.807) is 24.4 Å². The van der Waals surface area contributed by atoms with Crippen molar-refractivity contribution in [3.63, 3.8) is 0 Å². The van der Waals surface area contributed by atoms with Crippen molar-refractivity contribution in [2.45, 2.75) is 32.4 Å². The Balaban J connectivity index is 1.56. The predicted octanol–water partition coefficient (Wildman–Crippen LogP) is 5.87. The molecule has 0 saturated carbocycles. The highest BCUT2D eigenvalue weighted by atomic mass is 32.1. The topological polar surface area (TPSA) is 108 Å². The van der Waals surface area contributed by atoms with Gasteiger partial charge in [-0.2, -0.15) is 0 Å². The lowest BCUT2D eigenvalue weighted by atomic mass is 10.0. The Bertz CT molecular complexity index is 1520. The Labute approximate surface area is 225 Å². The van der Waals surface area contributed by atoms with E-state index in [2.05, 4.69) is 15.6 Å². The number of nitrogens with zero attached hydrogens (tertiary/aromatic N) is 2. The molecular weight excluding hydrogens is 500 g/mol. The molecular formula is C29H26N4O4S. The number of benzene rings is 2. The number of nitrogens with one attached hydrogen (secondary N) is 2. The highest BCUT2D eigenvalue weighted by Crippen LogP contribution is 2.43. The van der Waals surface area contributed by atoms with Crippen molar-refractivity contribution in [2.24, 2.45) is 0 Å². The van der Waals surface area contributed by atoms with Crippen molar-refractivity contribution in [2.75, 3.05) is 10.2 Å². The first kappa shape index (κ1) is 25.2. The molecule has 2 aromatic heterocycles. The minimum absolute atomic E-state index is 0.0533. The zero-order valence-corrected chi connectivity index (χ0v) is 21.7. The van der Waals surface area contributed by atoms with Crippen LogP contribution in [0.15, 0.2) is 83.4 Å². The summed E-state index contributed by atoms with van der Waals surface area (Å²) in [5.41, 5.74) is 4.13. The molecule has 0 bridgehead atoms. The largest absolute Gasteiger partial charge is 0.478 e. The van der Waals surface area contributed by atoms with Gasteiger partial charge in [0.15, 0.2) is 5.11 Å². The van der Waals surface area contributed by atoms with Crippen molar-refractivity contribution < 1.29 is 19.1 Å². The van der Waals surface area contributed by atoms with Gasteiger partial charge in [0.05, 0.1) is 17.3 Å². The number of aromatic nitrogens is 1. The molecule has 0 spiro atoms. The number of furan rings is 1. The lowest BCUT2D eigenvalue weighted by Gasteiger charge is -2.26. The Hall–Kier alpha value is -4.50. The summed E-state index contributed by atoms with van der Waals surface area (Å²) in [7, 11) is 0. The van der Waals surface area contributed by atoms with Crippen molar-refractivity contribution in [3.8, 4) is 11.3 Å². The molecule has 1 saturated heterocycles. The molecule has 192 valence electrons. The normalized spacial score (nSPS) is 16.8. The molecule has 1 aliphatic heterocycles. The third-order valence-electron chi connectivity index (χ3n) is 6.49. The Morgan fingerprint density at radius 3 is 2.66 bits per heavy atom. The van der Waals surface area contributed by atoms with Crippen molar-refractivity contribution in [1.82, 2.24) is 10.3 Å². The number of aromatic carboxylic acids is 1. The predicted molar refractivity (Wildman–Crippen MR) is 149 cm³/mol. The quantitative estimate of drug-likeness (QED) is 0.257. The van der Waals surface area contributed by atoms with Gasteiger partial charge in [-0.05, 0) is 79.3 Å². The number of carbonyl (C=O) groups excluding carboxylic acids is 1. The summed E-state index contributed by atoms with van der Waals surface area (Å²) in [5, 5.41) is 16.2. The number of hydrogen-bond acceptors (Lipinski definition) is 5. The molecule has 8 nitrogen and oxygen atoms in total. The van der Waals surface area contributed by atoms with E-state index in [9.17, 15) is 14.7 Å². The number of thiocarbonyl (C=S) groups is 1. The standard InChI is InChI=1S/C29H26N4O4S/c1-3-25(34)31-21-11-10-20(15-17(21)2)33-27(26(32-29(33)38)22-9-4-5-14-30-22)24-13-12-23(37-24)18-7-6-8-19(16-18)28(35)36/h4-16,26-27H,3H2,1-2H3,(H,31,34)(H,32,38)(H,35,36)/t26-,27+/m0/s1. The number of carboxylic acids is 1. The molecule has 5 rings (SSSR count). The summed E-state index contributed by atoms with van der Waals surface area (Å²) in [6.45, 7) is 3.75. The number of carboxylic acid groups (broad SMARTS) is 1. The molecule has 1 amide bonds. The fourth-order valence-electron chi connectivity index (χ4n) is 4.57. The number of amides is 1. The van der Waals surface area contributed by atoms with E-state index in [0.717, 1.165) is 22.6 Å². The highest BCUT2D eigenvalue weighted by molar-refractivity contribution is 7.80. The van der Waals surface area contributed by atoms with Crippen LogP contribution in [-0.4, -0.2) is 27.1 Å². The van der Waals surface area contributed by atoms with Crippen LogP contribution in [0.3, 0.4) is 0 Å². The van der Waals surface area contributed by atoms with Crippen LogP contribution in [0.1, 0.15) is 52.8 Å². The van der Waals surface area contributed by atoms with Gasteiger partial charge in [-0.15, -0.1) is 0 Å². The second-order valence-corrected chi connectivity index (χ2v) is 9.37. The molecule has 1 aliphatic rings. The van der Waals surface area contributed by atoms with Crippen LogP contribution in [0.4, 0.5) is 11.4 Å². The Kier molecular flexibility index (Phi) is 6.93. The summed E-state index contributed by atoms with van der Waals surface area (Å²) in [6.07, 6.45) is 2.13. The molecule has 0 aliphatic carbocycles. The van der Waals surface area contributed by atoms with Crippen molar-refractivity contribution >= 4 is 40.6 Å². The lowest BCUT2D eigenvalue weighted by molar-refractivity contribution is -0.115. The summed E-state index contributed by atoms with van der Waals surface area (Å²) < 4.78 is 6.34. The van der Waals surface area contributed by atoms with Crippen LogP contribution in [0.2, 0.25) is 0 Å². The number of aryl methyl sites for hydroxylation is 1. The summed E-state index contributed by atoms with van der Waals surface area (Å²) in [4.78, 5) is 30.0. The van der Waals surface area contributed by atoms with Crippen LogP contribution in [-0.2, 0) is 4.79 Å². The van der Waals surface area contributed by atoms with Crippen LogP contribution in [0.5, 0.6) is 0 Å². The monoisotopic (exact) mass is 526 g/mol. The zero-order chi connectivity index (χ0) is 26.8. The maximum Gasteiger partial charge on any atom is 0.335 e. The van der Waals surface area contributed by atoms with E-state index in [1.807, 2.05) is 73.3 Å².